The summed E-state index contributed by atoms with van der Waals surface area (Å²) < 4.78 is 0. The summed E-state index contributed by atoms with van der Waals surface area (Å²) >= 11 is 0. The molecule has 0 aliphatic carbocycles. The van der Waals surface area contributed by atoms with Gasteiger partial charge in [-0.2, -0.15) is 0 Å². The fourth-order valence-corrected chi connectivity index (χ4v) is 4.45. The molecule has 200 valence electrons. The molecular weight excluding hydrogens is 488 g/mol. The average Bonchev–Trinajstić information content (AvgIpc) is 2.96. The lowest BCUT2D eigenvalue weighted by molar-refractivity contribution is -0.122. The van der Waals surface area contributed by atoms with Crippen molar-refractivity contribution in [2.45, 2.75) is 32.2 Å². The van der Waals surface area contributed by atoms with E-state index < -0.39 is 0 Å². The van der Waals surface area contributed by atoms with Crippen LogP contribution in [-0.2, 0) is 16.1 Å². The zero-order valence-corrected chi connectivity index (χ0v) is 21.9. The fourth-order valence-electron chi connectivity index (χ4n) is 4.45. The van der Waals surface area contributed by atoms with E-state index in [0.29, 0.717) is 49.3 Å². The number of fused-ring (bicyclic) bond motifs is 1. The molecule has 4 N–H and O–H groups in total. The summed E-state index contributed by atoms with van der Waals surface area (Å²) in [4.78, 5) is 40.4. The minimum absolute atomic E-state index is 0.0390. The minimum Gasteiger partial charge on any atom is -0.397 e. The van der Waals surface area contributed by atoms with Crippen molar-refractivity contribution in [1.82, 2.24) is 10.2 Å². The summed E-state index contributed by atoms with van der Waals surface area (Å²) in [6, 6.07) is 30.2. The van der Waals surface area contributed by atoms with Crippen molar-refractivity contribution in [1.29, 1.82) is 0 Å². The van der Waals surface area contributed by atoms with Gasteiger partial charge in [0, 0.05) is 25.1 Å². The van der Waals surface area contributed by atoms with Gasteiger partial charge in [0.1, 0.15) is 0 Å². The lowest BCUT2D eigenvalue weighted by Gasteiger charge is -2.23. The van der Waals surface area contributed by atoms with Crippen LogP contribution in [0.2, 0.25) is 0 Å². The van der Waals surface area contributed by atoms with Gasteiger partial charge in [-0.1, -0.05) is 85.3 Å². The van der Waals surface area contributed by atoms with Crippen LogP contribution >= 0.6 is 0 Å². The Balaban J connectivity index is 1.35. The Morgan fingerprint density at radius 3 is 2.26 bits per heavy atom. The third-order valence-electron chi connectivity index (χ3n) is 6.54. The van der Waals surface area contributed by atoms with Crippen LogP contribution in [0.25, 0.3) is 10.8 Å². The van der Waals surface area contributed by atoms with E-state index in [0.717, 1.165) is 22.8 Å². The summed E-state index contributed by atoms with van der Waals surface area (Å²) in [5, 5.41) is 7.59. The first kappa shape index (κ1) is 27.4. The minimum atomic E-state index is -0.215. The number of nitrogens with zero attached hydrogens (tertiary/aromatic N) is 1. The number of carbonyl (C=O) groups excluding carboxylic acids is 3. The van der Waals surface area contributed by atoms with Gasteiger partial charge >= 0.3 is 0 Å². The van der Waals surface area contributed by atoms with Gasteiger partial charge in [0.15, 0.2) is 0 Å². The van der Waals surface area contributed by atoms with Crippen LogP contribution < -0.4 is 16.4 Å². The molecule has 0 aliphatic rings. The second-order valence-corrected chi connectivity index (χ2v) is 9.46. The predicted octanol–water partition coefficient (Wildman–Crippen LogP) is 5.38. The van der Waals surface area contributed by atoms with Crippen LogP contribution in [0.4, 0.5) is 11.4 Å². The highest BCUT2D eigenvalue weighted by atomic mass is 16.2. The monoisotopic (exact) mass is 522 g/mol. The summed E-state index contributed by atoms with van der Waals surface area (Å²) in [6.45, 7) is 0.772. The first-order valence-electron chi connectivity index (χ1n) is 13.2. The zero-order valence-electron chi connectivity index (χ0n) is 21.9. The number of benzene rings is 4. The van der Waals surface area contributed by atoms with Crippen molar-refractivity contribution < 1.29 is 14.4 Å². The summed E-state index contributed by atoms with van der Waals surface area (Å²) in [7, 11) is 0. The lowest BCUT2D eigenvalue weighted by atomic mass is 10.0. The molecule has 0 bridgehead atoms. The molecule has 0 saturated carbocycles. The number of anilines is 2. The maximum absolute atomic E-state index is 13.6. The molecule has 0 fully saturated rings. The van der Waals surface area contributed by atoms with Crippen LogP contribution in [0, 0.1) is 0 Å². The highest BCUT2D eigenvalue weighted by molar-refractivity contribution is 6.07. The molecule has 4 aromatic carbocycles. The molecule has 7 nitrogen and oxygen atoms in total. The molecule has 0 aliphatic heterocycles. The summed E-state index contributed by atoms with van der Waals surface area (Å²) in [5.41, 5.74) is 8.60. The molecule has 4 aromatic rings. The topological polar surface area (TPSA) is 105 Å². The van der Waals surface area contributed by atoms with Gasteiger partial charge in [0.2, 0.25) is 11.8 Å². The van der Waals surface area contributed by atoms with Crippen molar-refractivity contribution in [3.63, 3.8) is 0 Å². The van der Waals surface area contributed by atoms with Crippen molar-refractivity contribution in [3.05, 3.63) is 108 Å². The number of carbonyl (C=O) groups is 3. The molecule has 0 heterocycles. The Bertz CT molecular complexity index is 1420. The van der Waals surface area contributed by atoms with E-state index in [9.17, 15) is 14.4 Å². The Kier molecular flexibility index (Phi) is 9.67. The van der Waals surface area contributed by atoms with E-state index in [4.69, 9.17) is 5.73 Å². The maximum atomic E-state index is 13.6. The van der Waals surface area contributed by atoms with Crippen LogP contribution in [0.5, 0.6) is 0 Å². The van der Waals surface area contributed by atoms with Crippen LogP contribution in [0.15, 0.2) is 97.1 Å². The Hall–Kier alpha value is -4.65. The zero-order chi connectivity index (χ0) is 27.5. The van der Waals surface area contributed by atoms with Gasteiger partial charge in [0.05, 0.1) is 17.9 Å². The Morgan fingerprint density at radius 1 is 0.718 bits per heavy atom. The average molecular weight is 523 g/mol. The number of rotatable bonds is 12. The molecule has 3 amide bonds. The van der Waals surface area contributed by atoms with E-state index in [1.807, 2.05) is 78.9 Å². The molecule has 0 spiro atoms. The largest absolute Gasteiger partial charge is 0.397 e. The van der Waals surface area contributed by atoms with E-state index in [-0.39, 0.29) is 24.3 Å². The van der Waals surface area contributed by atoms with Crippen molar-refractivity contribution in [2.75, 3.05) is 24.1 Å². The normalized spacial score (nSPS) is 10.7. The number of nitrogens with two attached hydrogens (primary N) is 1. The quantitative estimate of drug-likeness (QED) is 0.172. The number of hydrogen-bond donors (Lipinski definition) is 3. The molecular formula is C32H34N4O3. The van der Waals surface area contributed by atoms with E-state index in [1.54, 1.807) is 23.1 Å². The molecule has 0 radical (unpaired) electrons. The molecule has 0 aromatic heterocycles. The first-order chi connectivity index (χ1) is 19.0. The van der Waals surface area contributed by atoms with Crippen LogP contribution in [0.1, 0.15) is 41.6 Å². The number of nitrogen functional groups attached to an aromatic ring is 1. The van der Waals surface area contributed by atoms with E-state index in [2.05, 4.69) is 10.6 Å². The molecule has 0 atom stereocenters. The van der Waals surface area contributed by atoms with Crippen molar-refractivity contribution >= 4 is 39.9 Å². The van der Waals surface area contributed by atoms with Gasteiger partial charge in [0.25, 0.3) is 5.91 Å². The van der Waals surface area contributed by atoms with Crippen LogP contribution in [0.3, 0.4) is 0 Å². The first-order valence-corrected chi connectivity index (χ1v) is 13.2. The van der Waals surface area contributed by atoms with Gasteiger partial charge < -0.3 is 21.3 Å². The highest BCUT2D eigenvalue weighted by Gasteiger charge is 2.20. The third kappa shape index (κ3) is 7.92. The van der Waals surface area contributed by atoms with Gasteiger partial charge in [-0.3, -0.25) is 14.4 Å². The van der Waals surface area contributed by atoms with E-state index in [1.165, 1.54) is 0 Å². The number of amides is 3. The van der Waals surface area contributed by atoms with E-state index >= 15 is 0 Å². The Morgan fingerprint density at radius 2 is 1.44 bits per heavy atom. The SMILES string of the molecule is Nc1ccccc1NC(=O)CCCCCN(CC(=O)NCc1ccccc1)C(=O)c1cccc2ccccc12. The van der Waals surface area contributed by atoms with Crippen molar-refractivity contribution in [3.8, 4) is 0 Å². The molecule has 39 heavy (non-hydrogen) atoms. The molecule has 0 saturated heterocycles. The van der Waals surface area contributed by atoms with Gasteiger partial charge in [-0.25, -0.2) is 0 Å². The molecule has 0 unspecified atom stereocenters. The highest BCUT2D eigenvalue weighted by Crippen LogP contribution is 2.21. The van der Waals surface area contributed by atoms with Crippen LogP contribution in [-0.4, -0.2) is 35.7 Å². The second kappa shape index (κ2) is 13.8. The van der Waals surface area contributed by atoms with Gasteiger partial charge in [-0.15, -0.1) is 0 Å². The fraction of sp³-hybridized carbons (Fsp3) is 0.219. The predicted molar refractivity (Wildman–Crippen MR) is 156 cm³/mol. The molecule has 7 heteroatoms. The lowest BCUT2D eigenvalue weighted by Crippen LogP contribution is -2.41. The summed E-state index contributed by atoms with van der Waals surface area (Å²) in [6.07, 6.45) is 2.42. The summed E-state index contributed by atoms with van der Waals surface area (Å²) in [5.74, 6) is -0.497. The maximum Gasteiger partial charge on any atom is 0.254 e. The standard InChI is InChI=1S/C32H34N4O3/c33-28-18-8-9-19-29(28)35-30(37)20-5-2-10-21-36(23-31(38)34-22-24-12-3-1-4-13-24)32(39)27-17-11-15-25-14-6-7-16-26(25)27/h1,3-4,6-9,11-19H,2,5,10,20-23,33H2,(H,34,38)(H,35,37). The van der Waals surface area contributed by atoms with Crippen molar-refractivity contribution in [2.24, 2.45) is 0 Å². The smallest absolute Gasteiger partial charge is 0.254 e. The number of nitrogens with one attached hydrogen (secondary N) is 2. The Labute approximate surface area is 229 Å². The number of unbranched alkanes of at least 4 members (excludes halogenated alkanes) is 2. The molecule has 4 rings (SSSR count). The number of para-hydroxylation sites is 2. The third-order valence-corrected chi connectivity index (χ3v) is 6.54. The van der Waals surface area contributed by atoms with Gasteiger partial charge in [-0.05, 0) is 47.4 Å². The number of hydrogen-bond acceptors (Lipinski definition) is 4. The second-order valence-electron chi connectivity index (χ2n) is 9.46.